The first-order valence-corrected chi connectivity index (χ1v) is 24.5. The van der Waals surface area contributed by atoms with Crippen LogP contribution in [0.1, 0.15) is 28.4 Å². The van der Waals surface area contributed by atoms with Crippen molar-refractivity contribution >= 4 is 36.0 Å². The normalized spacial score (nSPS) is 34.5. The molecule has 7 rings (SSSR count). The fourth-order valence-corrected chi connectivity index (χ4v) is 8.68. The predicted molar refractivity (Wildman–Crippen MR) is 258 cm³/mol. The minimum atomic E-state index is -2.94. The second-order valence-corrected chi connectivity index (χ2v) is 18.6. The predicted octanol–water partition coefficient (Wildman–Crippen LogP) is -3.96. The second kappa shape index (κ2) is 26.9. The van der Waals surface area contributed by atoms with E-state index in [-0.39, 0.29) is 16.7 Å². The summed E-state index contributed by atoms with van der Waals surface area (Å²) in [6.45, 7) is -4.12. The van der Waals surface area contributed by atoms with E-state index in [0.29, 0.717) is 0 Å². The largest absolute Gasteiger partial charge is 0.504 e. The molecule has 3 aromatic carbocycles. The smallest absolute Gasteiger partial charge is 0.338 e. The van der Waals surface area contributed by atoms with Crippen molar-refractivity contribution in [3.05, 3.63) is 95.6 Å². The van der Waals surface area contributed by atoms with E-state index in [1.165, 1.54) is 36.4 Å². The Bertz CT molecular complexity index is 2650. The Kier molecular flexibility index (Phi) is 20.5. The fourth-order valence-electron chi connectivity index (χ4n) is 8.68. The van der Waals surface area contributed by atoms with Gasteiger partial charge in [-0.05, 0) is 59.7 Å². The van der Waals surface area contributed by atoms with Gasteiger partial charge in [-0.3, -0.25) is 4.79 Å². The van der Waals surface area contributed by atoms with Crippen LogP contribution in [0.25, 0.3) is 12.2 Å². The zero-order valence-corrected chi connectivity index (χ0v) is 42.0. The molecule has 0 saturated carbocycles. The fraction of sp³-hybridized carbons (Fsp3) is 0.490. The van der Waals surface area contributed by atoms with Crippen LogP contribution in [0.15, 0.2) is 78.9 Å². The van der Waals surface area contributed by atoms with E-state index in [1.807, 2.05) is 0 Å². The van der Waals surface area contributed by atoms with Crippen molar-refractivity contribution < 1.29 is 143 Å². The van der Waals surface area contributed by atoms with E-state index < -0.39 is 196 Å². The zero-order valence-electron chi connectivity index (χ0n) is 42.0. The maximum atomic E-state index is 13.9. The van der Waals surface area contributed by atoms with Crippen molar-refractivity contribution in [3.8, 4) is 23.0 Å². The molecule has 0 spiro atoms. The number of aliphatic hydroxyl groups is 10. The van der Waals surface area contributed by atoms with Gasteiger partial charge in [0, 0.05) is 19.1 Å². The number of esters is 4. The highest BCUT2D eigenvalue weighted by Gasteiger charge is 2.63. The van der Waals surface area contributed by atoms with Gasteiger partial charge in [0.25, 0.3) is 0 Å². The molecule has 4 saturated heterocycles. The van der Waals surface area contributed by atoms with Crippen molar-refractivity contribution in [1.29, 1.82) is 0 Å². The summed E-state index contributed by atoms with van der Waals surface area (Å²) in [6.07, 6.45) is -34.0. The molecule has 438 valence electrons. The van der Waals surface area contributed by atoms with Gasteiger partial charge in [-0.2, -0.15) is 0 Å². The summed E-state index contributed by atoms with van der Waals surface area (Å²) >= 11 is 0. The number of phenolic OH excluding ortho intramolecular Hbond substituents is 4. The Morgan fingerprint density at radius 2 is 1.04 bits per heavy atom. The molecule has 29 heteroatoms. The number of aliphatic hydroxyl groups excluding tert-OH is 10. The molecule has 0 unspecified atom stereocenters. The highest BCUT2D eigenvalue weighted by atomic mass is 16.8. The average molecular weight is 1140 g/mol. The molecular formula is C51H60O29. The minimum absolute atomic E-state index is 0.129. The first-order valence-electron chi connectivity index (χ1n) is 24.5. The number of carbonyl (C=O) groups excluding carboxylic acids is 4. The third-order valence-corrected chi connectivity index (χ3v) is 13.0. The van der Waals surface area contributed by atoms with E-state index in [2.05, 4.69) is 0 Å². The summed E-state index contributed by atoms with van der Waals surface area (Å²) in [7, 11) is 0. The number of phenols is 4. The number of hydrogen-bond donors (Lipinski definition) is 14. The first kappa shape index (κ1) is 61.2. The SMILES string of the molecule is CC(=O)OC[C@@H]1O[C@H](O[C@@H]2[C@@H](O)[C@H](COC(=O)C=Cc3ccc(O)c(O)c3)O[C@H](O[C@@]3(COC(=O)C=Cc4ccc(O)c(O)c4)O[C@H](CO)[C@@H](O)[C@@H]3OC(=O)c3ccccc3)[C@H]2O[C@@H]2O[C@@H](CO)[C@H](O)[C@@H](O)[C@@H]2O)[C@@H](O)[C@H](O)[C@H]1O. The third kappa shape index (κ3) is 14.3. The van der Waals surface area contributed by atoms with Crippen LogP contribution in [0.4, 0.5) is 0 Å². The molecule has 4 heterocycles. The van der Waals surface area contributed by atoms with Gasteiger partial charge >= 0.3 is 23.9 Å². The number of rotatable bonds is 20. The number of hydrogen-bond acceptors (Lipinski definition) is 29. The van der Waals surface area contributed by atoms with Crippen LogP contribution in [-0.4, -0.2) is 245 Å². The monoisotopic (exact) mass is 1140 g/mol. The number of benzene rings is 3. The highest BCUT2D eigenvalue weighted by Crippen LogP contribution is 2.42. The van der Waals surface area contributed by atoms with Gasteiger partial charge in [-0.15, -0.1) is 0 Å². The summed E-state index contributed by atoms with van der Waals surface area (Å²) in [5, 5.41) is 150. The van der Waals surface area contributed by atoms with E-state index >= 15 is 0 Å². The van der Waals surface area contributed by atoms with Crippen molar-refractivity contribution in [2.75, 3.05) is 33.0 Å². The lowest BCUT2D eigenvalue weighted by atomic mass is 9.95. The molecule has 19 atom stereocenters. The van der Waals surface area contributed by atoms with Gasteiger partial charge < -0.3 is 124 Å². The summed E-state index contributed by atoms with van der Waals surface area (Å²) < 4.78 is 64.2. The number of aromatic hydroxyl groups is 4. The van der Waals surface area contributed by atoms with E-state index in [1.54, 1.807) is 6.07 Å². The van der Waals surface area contributed by atoms with Crippen LogP contribution < -0.4 is 0 Å². The molecule has 4 aliphatic rings. The van der Waals surface area contributed by atoms with Crippen LogP contribution >= 0.6 is 0 Å². The summed E-state index contributed by atoms with van der Waals surface area (Å²) in [5.41, 5.74) is 0.221. The quantitative estimate of drug-likeness (QED) is 0.0222. The number of carbonyl (C=O) groups is 4. The maximum absolute atomic E-state index is 13.9. The average Bonchev–Trinajstić information content (AvgIpc) is 3.70. The summed E-state index contributed by atoms with van der Waals surface area (Å²) in [4.78, 5) is 52.5. The van der Waals surface area contributed by atoms with Gasteiger partial charge in [0.05, 0.1) is 18.8 Å². The molecule has 0 radical (unpaired) electrons. The first-order chi connectivity index (χ1) is 38.0. The van der Waals surface area contributed by atoms with Crippen molar-refractivity contribution in [1.82, 2.24) is 0 Å². The van der Waals surface area contributed by atoms with Crippen molar-refractivity contribution in [2.45, 2.75) is 123 Å². The molecule has 0 amide bonds. The van der Waals surface area contributed by atoms with Crippen LogP contribution in [0, 0.1) is 0 Å². The molecule has 29 nitrogen and oxygen atoms in total. The molecule has 4 aliphatic heterocycles. The maximum Gasteiger partial charge on any atom is 0.338 e. The molecule has 80 heavy (non-hydrogen) atoms. The van der Waals surface area contributed by atoms with Gasteiger partial charge in [-0.1, -0.05) is 30.3 Å². The Morgan fingerprint density at radius 1 is 0.537 bits per heavy atom. The second-order valence-electron chi connectivity index (χ2n) is 18.6. The van der Waals surface area contributed by atoms with Crippen LogP contribution in [0.2, 0.25) is 0 Å². The number of ether oxygens (including phenoxy) is 11. The van der Waals surface area contributed by atoms with E-state index in [0.717, 1.165) is 55.5 Å². The van der Waals surface area contributed by atoms with Gasteiger partial charge in [0.2, 0.25) is 5.79 Å². The summed E-state index contributed by atoms with van der Waals surface area (Å²) in [5.74, 6) is -9.43. The van der Waals surface area contributed by atoms with Crippen molar-refractivity contribution in [2.24, 2.45) is 0 Å². The Labute approximate surface area is 452 Å². The lowest BCUT2D eigenvalue weighted by Crippen LogP contribution is -2.68. The molecular weight excluding hydrogens is 1080 g/mol. The van der Waals surface area contributed by atoms with Gasteiger partial charge in [0.1, 0.15) is 105 Å². The Hall–Kier alpha value is -6.46. The molecule has 3 aromatic rings. The standard InChI is InChI=1S/C51H60O29/c1-22(54)70-19-32-37(62)41(66)43(68)49(74-32)76-44-38(63)33(20-71-34(59)13-9-23-7-11-26(55)28(57)15-23)75-50(45(44)77-48-42(67)40(65)36(61)30(17-52)73-48)80-51(21-72-35(60)14-10-24-8-12-27(56)29(58)16-24)46(39(64)31(18-53)79-51)78-47(69)25-5-3-2-4-6-25/h2-16,30-33,36-46,48-50,52-53,55-58,61-68H,17-21H2,1H3/t30-,31+,32-,33-,36-,37-,38-,39+,40+,41+,42-,43-,44+,45-,46-,48-,49+,50+,51+/m0/s1. The van der Waals surface area contributed by atoms with Crippen LogP contribution in [0.3, 0.4) is 0 Å². The van der Waals surface area contributed by atoms with Crippen LogP contribution in [-0.2, 0) is 66.5 Å². The zero-order chi connectivity index (χ0) is 58.2. The highest BCUT2D eigenvalue weighted by molar-refractivity contribution is 5.90. The Balaban J connectivity index is 1.33. The summed E-state index contributed by atoms with van der Waals surface area (Å²) in [6, 6.07) is 14.1. The Morgan fingerprint density at radius 3 is 1.59 bits per heavy atom. The molecule has 14 N–H and O–H groups in total. The third-order valence-electron chi connectivity index (χ3n) is 13.0. The minimum Gasteiger partial charge on any atom is -0.504 e. The molecule has 0 aliphatic carbocycles. The van der Waals surface area contributed by atoms with Gasteiger partial charge in [-0.25, -0.2) is 14.4 Å². The molecule has 0 bridgehead atoms. The molecule has 0 aromatic heterocycles. The topological polar surface area (TPSA) is 453 Å². The van der Waals surface area contributed by atoms with Gasteiger partial charge in [0.15, 0.2) is 48.0 Å². The molecule has 4 fully saturated rings. The van der Waals surface area contributed by atoms with E-state index in [4.69, 9.17) is 52.1 Å². The van der Waals surface area contributed by atoms with E-state index in [9.17, 15) is 90.7 Å². The van der Waals surface area contributed by atoms with Crippen LogP contribution in [0.5, 0.6) is 23.0 Å². The van der Waals surface area contributed by atoms with Crippen molar-refractivity contribution in [3.63, 3.8) is 0 Å². The lowest BCUT2D eigenvalue weighted by Gasteiger charge is -2.50. The lowest BCUT2D eigenvalue weighted by molar-refractivity contribution is -0.421.